The molecule has 2 saturated carbocycles. The monoisotopic (exact) mass is 611 g/mol. The largest absolute Gasteiger partial charge is 0.453 e. The topological polar surface area (TPSA) is 158 Å². The first-order chi connectivity index (χ1) is 20.4. The van der Waals surface area contributed by atoms with Gasteiger partial charge in [-0.15, -0.1) is 0 Å². The Morgan fingerprint density at radius 3 is 1.65 bits per heavy atom. The summed E-state index contributed by atoms with van der Waals surface area (Å²) in [7, 11) is 2.50. The summed E-state index contributed by atoms with van der Waals surface area (Å²) in [5, 5.41) is 21.7. The zero-order chi connectivity index (χ0) is 31.9. The van der Waals surface area contributed by atoms with Crippen molar-refractivity contribution >= 4 is 24.0 Å². The average Bonchev–Trinajstić information content (AvgIpc) is 2.98. The van der Waals surface area contributed by atoms with Crippen molar-refractivity contribution in [3.05, 3.63) is 0 Å². The van der Waals surface area contributed by atoms with E-state index in [-0.39, 0.29) is 24.3 Å². The van der Waals surface area contributed by atoms with Crippen molar-refractivity contribution in [2.24, 2.45) is 23.7 Å². The summed E-state index contributed by atoms with van der Waals surface area (Å²) in [6, 6.07) is -2.24. The summed E-state index contributed by atoms with van der Waals surface area (Å²) in [5.41, 5.74) is 2.97. The van der Waals surface area contributed by atoms with Crippen molar-refractivity contribution in [1.82, 2.24) is 26.4 Å². The molecule has 2 aliphatic rings. The van der Waals surface area contributed by atoms with Gasteiger partial charge in [-0.1, -0.05) is 79.1 Å². The summed E-state index contributed by atoms with van der Waals surface area (Å²) in [6.07, 6.45) is 9.21. The van der Waals surface area contributed by atoms with Gasteiger partial charge in [0, 0.05) is 13.1 Å². The summed E-state index contributed by atoms with van der Waals surface area (Å²) in [5.74, 6) is -0.467. The van der Waals surface area contributed by atoms with Crippen LogP contribution in [-0.2, 0) is 19.1 Å². The number of alkyl carbamates (subject to hydrolysis) is 2. The fourth-order valence-corrected chi connectivity index (χ4v) is 6.23. The zero-order valence-corrected chi connectivity index (χ0v) is 27.2. The van der Waals surface area contributed by atoms with Gasteiger partial charge in [0.25, 0.3) is 5.91 Å². The number of ether oxygens (including phenoxy) is 2. The molecule has 0 aromatic carbocycles. The molecule has 0 heterocycles. The molecule has 4 amide bonds. The molecule has 12 nitrogen and oxygen atoms in total. The van der Waals surface area contributed by atoms with Crippen LogP contribution in [0.4, 0.5) is 9.59 Å². The van der Waals surface area contributed by atoms with Crippen LogP contribution in [0.3, 0.4) is 0 Å². The standard InChI is InChI=1S/C31H57N5O7/c1-20(2)26(33-30(40)42-5)28(38)32-24(17-22-13-9-7-10-14-22)25(37)19-36(18-23-15-11-8-12-16-23)35-29(39)27(21(3)4)34-31(41)43-6/h20-27,37H,7-19H2,1-6H3,(H,32,38)(H,33,40)(H,34,41)(H,35,39)/t24-,25-,26-,27-/m0/s1. The lowest BCUT2D eigenvalue weighted by molar-refractivity contribution is -0.131. The molecule has 5 N–H and O–H groups in total. The van der Waals surface area contributed by atoms with Crippen LogP contribution in [0.1, 0.15) is 98.3 Å². The number of carbonyl (C=O) groups is 4. The Morgan fingerprint density at radius 2 is 1.19 bits per heavy atom. The lowest BCUT2D eigenvalue weighted by atomic mass is 9.83. The van der Waals surface area contributed by atoms with Crippen molar-refractivity contribution in [3.8, 4) is 0 Å². The molecule has 0 radical (unpaired) electrons. The third-order valence-electron chi connectivity index (χ3n) is 8.80. The van der Waals surface area contributed by atoms with Gasteiger partial charge in [-0.05, 0) is 42.9 Å². The van der Waals surface area contributed by atoms with Gasteiger partial charge in [0.05, 0.1) is 26.4 Å². The number of rotatable bonds is 15. The summed E-state index contributed by atoms with van der Waals surface area (Å²) in [6.45, 7) is 7.99. The van der Waals surface area contributed by atoms with E-state index in [1.54, 1.807) is 5.01 Å². The molecular weight excluding hydrogens is 554 g/mol. The number of carbonyl (C=O) groups excluding carboxylic acids is 4. The van der Waals surface area contributed by atoms with Crippen LogP contribution < -0.4 is 21.4 Å². The van der Waals surface area contributed by atoms with Gasteiger partial charge in [-0.25, -0.2) is 14.6 Å². The van der Waals surface area contributed by atoms with Gasteiger partial charge in [-0.3, -0.25) is 15.0 Å². The molecule has 0 bridgehead atoms. The number of nitrogens with zero attached hydrogens (tertiary/aromatic N) is 1. The molecule has 4 atom stereocenters. The van der Waals surface area contributed by atoms with E-state index < -0.39 is 42.3 Å². The van der Waals surface area contributed by atoms with Gasteiger partial charge in [-0.2, -0.15) is 0 Å². The minimum atomic E-state index is -0.994. The maximum Gasteiger partial charge on any atom is 0.407 e. The van der Waals surface area contributed by atoms with Crippen LogP contribution in [0.5, 0.6) is 0 Å². The highest BCUT2D eigenvalue weighted by atomic mass is 16.5. The smallest absolute Gasteiger partial charge is 0.407 e. The fraction of sp³-hybridized carbons (Fsp3) is 0.871. The van der Waals surface area contributed by atoms with Gasteiger partial charge in [0.15, 0.2) is 0 Å². The molecule has 0 aromatic rings. The Hall–Kier alpha value is -2.60. The molecule has 2 fully saturated rings. The second-order valence-corrected chi connectivity index (χ2v) is 13.0. The number of methoxy groups -OCH3 is 2. The van der Waals surface area contributed by atoms with E-state index in [1.165, 1.54) is 27.1 Å². The van der Waals surface area contributed by atoms with Crippen LogP contribution >= 0.6 is 0 Å². The van der Waals surface area contributed by atoms with Crippen molar-refractivity contribution < 1.29 is 33.8 Å². The number of hydrogen-bond acceptors (Lipinski definition) is 8. The maximum atomic E-state index is 13.4. The SMILES string of the molecule is COC(=O)N[C@H](C(=O)N[C@@H](CC1CCCCC1)[C@@H](O)CN(CC1CCCCC1)NC(=O)[C@@H](NC(=O)OC)C(C)C)C(C)C. The number of nitrogens with one attached hydrogen (secondary N) is 4. The van der Waals surface area contributed by atoms with E-state index in [2.05, 4.69) is 21.4 Å². The first kappa shape index (κ1) is 36.6. The second-order valence-electron chi connectivity index (χ2n) is 13.0. The maximum absolute atomic E-state index is 13.4. The second kappa shape index (κ2) is 18.9. The number of aliphatic hydroxyl groups excluding tert-OH is 1. The highest BCUT2D eigenvalue weighted by Gasteiger charge is 2.34. The molecule has 0 unspecified atom stereocenters. The van der Waals surface area contributed by atoms with Crippen LogP contribution in [0.15, 0.2) is 0 Å². The Bertz CT molecular complexity index is 875. The van der Waals surface area contributed by atoms with Crippen molar-refractivity contribution in [2.45, 2.75) is 123 Å². The van der Waals surface area contributed by atoms with E-state index in [0.29, 0.717) is 24.8 Å². The van der Waals surface area contributed by atoms with Gasteiger partial charge in [0.1, 0.15) is 12.1 Å². The van der Waals surface area contributed by atoms with Crippen molar-refractivity contribution in [1.29, 1.82) is 0 Å². The lowest BCUT2D eigenvalue weighted by Gasteiger charge is -2.36. The number of amides is 4. The summed E-state index contributed by atoms with van der Waals surface area (Å²) >= 11 is 0. The fourth-order valence-electron chi connectivity index (χ4n) is 6.23. The van der Waals surface area contributed by atoms with Gasteiger partial charge in [0.2, 0.25) is 5.91 Å². The molecule has 43 heavy (non-hydrogen) atoms. The summed E-state index contributed by atoms with van der Waals surface area (Å²) < 4.78 is 9.45. The molecule has 2 aliphatic carbocycles. The Kier molecular flexibility index (Phi) is 16.1. The van der Waals surface area contributed by atoms with Gasteiger partial charge < -0.3 is 30.5 Å². The van der Waals surface area contributed by atoms with E-state index >= 15 is 0 Å². The quantitative estimate of drug-likeness (QED) is 0.176. The molecule has 0 spiro atoms. The number of hydrazine groups is 1. The molecular formula is C31H57N5O7. The highest BCUT2D eigenvalue weighted by molar-refractivity contribution is 5.86. The van der Waals surface area contributed by atoms with Crippen molar-refractivity contribution in [2.75, 3.05) is 27.3 Å². The van der Waals surface area contributed by atoms with Crippen LogP contribution in [0.25, 0.3) is 0 Å². The molecule has 12 heteroatoms. The molecule has 0 aliphatic heterocycles. The predicted molar refractivity (Wildman–Crippen MR) is 164 cm³/mol. The highest BCUT2D eigenvalue weighted by Crippen LogP contribution is 2.29. The van der Waals surface area contributed by atoms with Gasteiger partial charge >= 0.3 is 12.2 Å². The third kappa shape index (κ3) is 12.9. The number of hydrogen-bond donors (Lipinski definition) is 5. The van der Waals surface area contributed by atoms with E-state index in [4.69, 9.17) is 9.47 Å². The van der Waals surface area contributed by atoms with Crippen molar-refractivity contribution in [3.63, 3.8) is 0 Å². The normalized spacial score (nSPS) is 19.3. The van der Waals surface area contributed by atoms with E-state index in [1.807, 2.05) is 27.7 Å². The van der Waals surface area contributed by atoms with Crippen LogP contribution in [0, 0.1) is 23.7 Å². The summed E-state index contributed by atoms with van der Waals surface area (Å²) in [4.78, 5) is 50.7. The van der Waals surface area contributed by atoms with Crippen LogP contribution in [-0.4, -0.2) is 85.7 Å². The zero-order valence-electron chi connectivity index (χ0n) is 27.2. The first-order valence-corrected chi connectivity index (χ1v) is 16.2. The first-order valence-electron chi connectivity index (χ1n) is 16.2. The Labute approximate surface area is 257 Å². The Balaban J connectivity index is 2.26. The van der Waals surface area contributed by atoms with E-state index in [9.17, 15) is 24.3 Å². The van der Waals surface area contributed by atoms with Crippen LogP contribution in [0.2, 0.25) is 0 Å². The molecule has 0 saturated heterocycles. The minimum Gasteiger partial charge on any atom is -0.453 e. The van der Waals surface area contributed by atoms with E-state index in [0.717, 1.165) is 51.4 Å². The third-order valence-corrected chi connectivity index (χ3v) is 8.80. The number of aliphatic hydroxyl groups is 1. The molecule has 248 valence electrons. The Morgan fingerprint density at radius 1 is 0.721 bits per heavy atom. The lowest BCUT2D eigenvalue weighted by Crippen LogP contribution is -2.59. The predicted octanol–water partition coefficient (Wildman–Crippen LogP) is 3.48. The average molecular weight is 612 g/mol. The minimum absolute atomic E-state index is 0.0969. The molecule has 2 rings (SSSR count). The molecule has 0 aromatic heterocycles.